The normalized spacial score (nSPS) is 11.1. The Morgan fingerprint density at radius 3 is 2.57 bits per heavy atom. The number of carbonyl (C=O) groups is 1. The highest BCUT2D eigenvalue weighted by molar-refractivity contribution is 5.82. The van der Waals surface area contributed by atoms with E-state index in [1.165, 1.54) is 5.56 Å². The molecule has 4 nitrogen and oxygen atoms in total. The highest BCUT2D eigenvalue weighted by Crippen LogP contribution is 2.19. The summed E-state index contributed by atoms with van der Waals surface area (Å²) in [6.07, 6.45) is 0.789. The molecule has 118 valence electrons. The molecule has 0 unspecified atom stereocenters. The molecule has 0 aliphatic heterocycles. The molecular weight excluding hydrogens is 288 g/mol. The summed E-state index contributed by atoms with van der Waals surface area (Å²) in [6.45, 7) is 5.41. The number of benzene rings is 2. The van der Waals surface area contributed by atoms with Crippen LogP contribution >= 0.6 is 0 Å². The van der Waals surface area contributed by atoms with Crippen LogP contribution in [0, 0.1) is 0 Å². The smallest absolute Gasteiger partial charge is 0.185 e. The summed E-state index contributed by atoms with van der Waals surface area (Å²) < 4.78 is 7.69. The lowest BCUT2D eigenvalue weighted by Crippen LogP contribution is -2.10. The first-order chi connectivity index (χ1) is 11.2. The van der Waals surface area contributed by atoms with E-state index < -0.39 is 0 Å². The Morgan fingerprint density at radius 2 is 1.87 bits per heavy atom. The molecule has 0 aliphatic rings. The maximum Gasteiger partial charge on any atom is 0.185 e. The molecule has 0 bridgehead atoms. The highest BCUT2D eigenvalue weighted by Gasteiger charge is 2.09. The minimum atomic E-state index is 0.435. The Bertz CT molecular complexity index is 804. The fourth-order valence-electron chi connectivity index (χ4n) is 2.62. The van der Waals surface area contributed by atoms with Gasteiger partial charge in [0.2, 0.25) is 0 Å². The summed E-state index contributed by atoms with van der Waals surface area (Å²) in [5.74, 6) is 1.79. The summed E-state index contributed by atoms with van der Waals surface area (Å²) in [5.41, 5.74) is 3.07. The lowest BCUT2D eigenvalue weighted by atomic mass is 10.0. The minimum absolute atomic E-state index is 0.435. The van der Waals surface area contributed by atoms with Crippen molar-refractivity contribution in [2.45, 2.75) is 26.3 Å². The van der Waals surface area contributed by atoms with Crippen LogP contribution < -0.4 is 4.74 Å². The summed E-state index contributed by atoms with van der Waals surface area (Å²) in [5, 5.41) is 0. The number of para-hydroxylation sites is 2. The molecule has 0 atom stereocenters. The van der Waals surface area contributed by atoms with E-state index in [-0.39, 0.29) is 0 Å². The van der Waals surface area contributed by atoms with Crippen molar-refractivity contribution in [3.05, 3.63) is 59.9 Å². The summed E-state index contributed by atoms with van der Waals surface area (Å²) in [4.78, 5) is 15.5. The van der Waals surface area contributed by atoms with Crippen molar-refractivity contribution in [3.63, 3.8) is 0 Å². The van der Waals surface area contributed by atoms with Crippen LogP contribution in [0.3, 0.4) is 0 Å². The lowest BCUT2D eigenvalue weighted by molar-refractivity contribution is 0.111. The van der Waals surface area contributed by atoms with Crippen LogP contribution in [0.1, 0.15) is 35.9 Å². The van der Waals surface area contributed by atoms with Gasteiger partial charge in [0, 0.05) is 0 Å². The van der Waals surface area contributed by atoms with Crippen molar-refractivity contribution in [1.29, 1.82) is 0 Å². The number of rotatable bonds is 6. The largest absolute Gasteiger partial charge is 0.492 e. The van der Waals surface area contributed by atoms with E-state index in [0.717, 1.165) is 23.1 Å². The molecule has 0 aliphatic carbocycles. The topological polar surface area (TPSA) is 44.1 Å². The number of ether oxygens (including phenoxy) is 1. The van der Waals surface area contributed by atoms with Crippen molar-refractivity contribution in [2.24, 2.45) is 0 Å². The van der Waals surface area contributed by atoms with E-state index in [2.05, 4.69) is 31.0 Å². The summed E-state index contributed by atoms with van der Waals surface area (Å²) >= 11 is 0. The van der Waals surface area contributed by atoms with Crippen molar-refractivity contribution >= 4 is 17.3 Å². The molecule has 0 radical (unpaired) electrons. The van der Waals surface area contributed by atoms with Gasteiger partial charge in [-0.2, -0.15) is 0 Å². The predicted octanol–water partition coefficient (Wildman–Crippen LogP) is 4.05. The Hall–Kier alpha value is -2.62. The molecule has 0 saturated carbocycles. The third-order valence-corrected chi connectivity index (χ3v) is 3.92. The molecule has 0 N–H and O–H groups in total. The van der Waals surface area contributed by atoms with Crippen molar-refractivity contribution in [3.8, 4) is 5.75 Å². The Morgan fingerprint density at radius 1 is 1.13 bits per heavy atom. The Kier molecular flexibility index (Phi) is 4.42. The number of fused-ring (bicyclic) bond motifs is 1. The van der Waals surface area contributed by atoms with Gasteiger partial charge in [-0.15, -0.1) is 0 Å². The second kappa shape index (κ2) is 6.65. The van der Waals surface area contributed by atoms with Crippen molar-refractivity contribution in [2.75, 3.05) is 6.61 Å². The fraction of sp³-hybridized carbons (Fsp3) is 0.263. The van der Waals surface area contributed by atoms with Gasteiger partial charge in [-0.25, -0.2) is 4.98 Å². The zero-order chi connectivity index (χ0) is 16.2. The molecule has 1 aromatic heterocycles. The first kappa shape index (κ1) is 15.3. The monoisotopic (exact) mass is 308 g/mol. The minimum Gasteiger partial charge on any atom is -0.492 e. The van der Waals surface area contributed by atoms with Crippen LogP contribution in [0.15, 0.2) is 48.5 Å². The second-order valence-electron chi connectivity index (χ2n) is 5.80. The Labute approximate surface area is 135 Å². The molecule has 0 saturated heterocycles. The third kappa shape index (κ3) is 3.26. The quantitative estimate of drug-likeness (QED) is 0.645. The SMILES string of the molecule is CC(C)c1ccc(OCCn2c(C=O)nc3ccccc32)cc1. The average molecular weight is 308 g/mol. The van der Waals surface area contributed by atoms with Crippen LogP contribution in [0.2, 0.25) is 0 Å². The van der Waals surface area contributed by atoms with E-state index in [4.69, 9.17) is 4.74 Å². The second-order valence-corrected chi connectivity index (χ2v) is 5.80. The number of hydrogen-bond acceptors (Lipinski definition) is 3. The Balaban J connectivity index is 1.70. The molecule has 4 heteroatoms. The van der Waals surface area contributed by atoms with Gasteiger partial charge in [0.1, 0.15) is 12.4 Å². The van der Waals surface area contributed by atoms with Crippen LogP contribution in [-0.4, -0.2) is 22.4 Å². The summed E-state index contributed by atoms with van der Waals surface area (Å²) in [7, 11) is 0. The van der Waals surface area contributed by atoms with Gasteiger partial charge in [-0.1, -0.05) is 38.1 Å². The fourth-order valence-corrected chi connectivity index (χ4v) is 2.62. The molecule has 3 aromatic rings. The van der Waals surface area contributed by atoms with Gasteiger partial charge in [-0.05, 0) is 35.7 Å². The lowest BCUT2D eigenvalue weighted by Gasteiger charge is -2.10. The molecule has 2 aromatic carbocycles. The third-order valence-electron chi connectivity index (χ3n) is 3.92. The number of imidazole rings is 1. The average Bonchev–Trinajstić information content (AvgIpc) is 2.93. The van der Waals surface area contributed by atoms with E-state index in [0.29, 0.717) is 24.9 Å². The van der Waals surface area contributed by atoms with Gasteiger partial charge >= 0.3 is 0 Å². The standard InChI is InChI=1S/C19H20N2O2/c1-14(2)15-7-9-16(10-8-15)23-12-11-21-18-6-4-3-5-17(18)20-19(21)13-22/h3-10,13-14H,11-12H2,1-2H3. The van der Waals surface area contributed by atoms with Crippen LogP contribution in [0.5, 0.6) is 5.75 Å². The van der Waals surface area contributed by atoms with Crippen LogP contribution in [0.4, 0.5) is 0 Å². The van der Waals surface area contributed by atoms with Gasteiger partial charge in [-0.3, -0.25) is 4.79 Å². The van der Waals surface area contributed by atoms with Crippen LogP contribution in [-0.2, 0) is 6.54 Å². The molecule has 0 amide bonds. The number of aromatic nitrogens is 2. The van der Waals surface area contributed by atoms with E-state index in [9.17, 15) is 4.79 Å². The molecule has 1 heterocycles. The van der Waals surface area contributed by atoms with Crippen molar-refractivity contribution in [1.82, 2.24) is 9.55 Å². The summed E-state index contributed by atoms with van der Waals surface area (Å²) in [6, 6.07) is 15.9. The maximum atomic E-state index is 11.2. The predicted molar refractivity (Wildman–Crippen MR) is 91.1 cm³/mol. The van der Waals surface area contributed by atoms with E-state index in [1.807, 2.05) is 41.0 Å². The van der Waals surface area contributed by atoms with Gasteiger partial charge in [0.25, 0.3) is 0 Å². The van der Waals surface area contributed by atoms with E-state index >= 15 is 0 Å². The number of carbonyl (C=O) groups excluding carboxylic acids is 1. The van der Waals surface area contributed by atoms with Gasteiger partial charge < -0.3 is 9.30 Å². The zero-order valence-electron chi connectivity index (χ0n) is 13.4. The van der Waals surface area contributed by atoms with Gasteiger partial charge in [0.15, 0.2) is 12.1 Å². The van der Waals surface area contributed by atoms with Gasteiger partial charge in [0.05, 0.1) is 17.6 Å². The number of hydrogen-bond donors (Lipinski definition) is 0. The maximum absolute atomic E-state index is 11.2. The number of aldehydes is 1. The van der Waals surface area contributed by atoms with E-state index in [1.54, 1.807) is 0 Å². The molecule has 0 spiro atoms. The number of nitrogens with zero attached hydrogens (tertiary/aromatic N) is 2. The van der Waals surface area contributed by atoms with Crippen LogP contribution in [0.25, 0.3) is 11.0 Å². The first-order valence-corrected chi connectivity index (χ1v) is 7.82. The first-order valence-electron chi connectivity index (χ1n) is 7.82. The molecule has 0 fully saturated rings. The highest BCUT2D eigenvalue weighted by atomic mass is 16.5. The van der Waals surface area contributed by atoms with Crippen molar-refractivity contribution < 1.29 is 9.53 Å². The molecule has 23 heavy (non-hydrogen) atoms. The zero-order valence-corrected chi connectivity index (χ0v) is 13.4. The molecule has 3 rings (SSSR count). The molecular formula is C19H20N2O2.